The summed E-state index contributed by atoms with van der Waals surface area (Å²) >= 11 is 0. The first-order chi connectivity index (χ1) is 10.8. The first-order valence-corrected chi connectivity index (χ1v) is 10.4. The van der Waals surface area contributed by atoms with Gasteiger partial charge in [-0.15, -0.1) is 0 Å². The molecule has 0 aromatic heterocycles. The topological polar surface area (TPSA) is 68.3 Å². The molecule has 118 valence electrons. The number of benzene rings is 3. The van der Waals surface area contributed by atoms with Gasteiger partial charge in [0.05, 0.1) is 9.79 Å². The van der Waals surface area contributed by atoms with E-state index >= 15 is 0 Å². The van der Waals surface area contributed by atoms with Crippen molar-refractivity contribution >= 4 is 28.5 Å². The van der Waals surface area contributed by atoms with E-state index in [2.05, 4.69) is 0 Å². The Morgan fingerprint density at radius 2 is 1.26 bits per heavy atom. The Morgan fingerprint density at radius 3 is 1.96 bits per heavy atom. The summed E-state index contributed by atoms with van der Waals surface area (Å²) in [6.45, 7) is 1.57. The molecule has 4 nitrogen and oxygen atoms in total. The molecule has 0 aliphatic rings. The third kappa shape index (κ3) is 2.54. The summed E-state index contributed by atoms with van der Waals surface area (Å²) < 4.78 is 50.6. The van der Waals surface area contributed by atoms with Gasteiger partial charge in [-0.3, -0.25) is 0 Å². The maximum absolute atomic E-state index is 12.7. The van der Waals surface area contributed by atoms with Crippen LogP contribution in [0.1, 0.15) is 5.56 Å². The summed E-state index contributed by atoms with van der Waals surface area (Å²) in [7, 11) is -9.05. The first-order valence-electron chi connectivity index (χ1n) is 6.88. The van der Waals surface area contributed by atoms with Gasteiger partial charge >= 0.3 is 0 Å². The fourth-order valence-corrected chi connectivity index (χ4v) is 6.45. The minimum Gasteiger partial charge on any atom is -0.207 e. The lowest BCUT2D eigenvalue weighted by atomic mass is 10.1. The second kappa shape index (κ2) is 5.47. The summed E-state index contributed by atoms with van der Waals surface area (Å²) in [5, 5.41) is 1.52. The predicted octanol–water partition coefficient (Wildman–Crippen LogP) is 3.31. The van der Waals surface area contributed by atoms with Crippen LogP contribution in [-0.2, 0) is 17.7 Å². The standard InChI is InChI=1S/C17H14O4S2/c1-13-6-2-5-9-17(13)23(20,21)22(18,19)16-11-10-14-7-3-4-8-15(14)12-16/h2-12H,1H3. The van der Waals surface area contributed by atoms with Crippen molar-refractivity contribution in [3.8, 4) is 0 Å². The van der Waals surface area contributed by atoms with E-state index in [1.807, 2.05) is 12.1 Å². The summed E-state index contributed by atoms with van der Waals surface area (Å²) in [5.41, 5.74) is 0.400. The molecule has 0 fully saturated rings. The fraction of sp³-hybridized carbons (Fsp3) is 0.0588. The summed E-state index contributed by atoms with van der Waals surface area (Å²) in [4.78, 5) is -0.410. The van der Waals surface area contributed by atoms with Crippen LogP contribution >= 0.6 is 0 Å². The zero-order valence-electron chi connectivity index (χ0n) is 12.3. The molecule has 0 aliphatic heterocycles. The van der Waals surface area contributed by atoms with Gasteiger partial charge in [-0.25, -0.2) is 16.8 Å². The molecule has 0 atom stereocenters. The molecule has 23 heavy (non-hydrogen) atoms. The van der Waals surface area contributed by atoms with Gasteiger partial charge in [0.2, 0.25) is 0 Å². The van der Waals surface area contributed by atoms with Gasteiger partial charge in [-0.05, 0) is 41.5 Å². The van der Waals surface area contributed by atoms with Gasteiger partial charge < -0.3 is 0 Å². The van der Waals surface area contributed by atoms with Crippen molar-refractivity contribution in [1.82, 2.24) is 0 Å². The first kappa shape index (κ1) is 15.7. The van der Waals surface area contributed by atoms with Crippen molar-refractivity contribution in [2.75, 3.05) is 0 Å². The van der Waals surface area contributed by atoms with Crippen LogP contribution in [0, 0.1) is 6.92 Å². The highest BCUT2D eigenvalue weighted by Gasteiger charge is 2.34. The van der Waals surface area contributed by atoms with Gasteiger partial charge in [0.15, 0.2) is 0 Å². The monoisotopic (exact) mass is 346 g/mol. The summed E-state index contributed by atoms with van der Waals surface area (Å²) in [5.74, 6) is 0. The van der Waals surface area contributed by atoms with Crippen LogP contribution < -0.4 is 0 Å². The Bertz CT molecular complexity index is 1100. The molecule has 0 bridgehead atoms. The van der Waals surface area contributed by atoms with Crippen molar-refractivity contribution in [2.24, 2.45) is 0 Å². The van der Waals surface area contributed by atoms with Crippen LogP contribution in [0.4, 0.5) is 0 Å². The SMILES string of the molecule is Cc1ccccc1S(=O)(=O)S(=O)(=O)c1ccc2ccccc2c1. The minimum atomic E-state index is -4.53. The summed E-state index contributed by atoms with van der Waals surface area (Å²) in [6, 6.07) is 17.6. The largest absolute Gasteiger partial charge is 0.286 e. The molecule has 0 amide bonds. The fourth-order valence-electron chi connectivity index (χ4n) is 2.40. The number of hydrogen-bond donors (Lipinski definition) is 0. The van der Waals surface area contributed by atoms with E-state index in [4.69, 9.17) is 0 Å². The van der Waals surface area contributed by atoms with E-state index in [0.29, 0.717) is 10.9 Å². The molecule has 0 unspecified atom stereocenters. The van der Waals surface area contributed by atoms with E-state index in [0.717, 1.165) is 5.39 Å². The summed E-state index contributed by atoms with van der Waals surface area (Å²) in [6.07, 6.45) is 0. The van der Waals surface area contributed by atoms with Gasteiger partial charge in [0, 0.05) is 0 Å². The number of hydrogen-bond acceptors (Lipinski definition) is 4. The van der Waals surface area contributed by atoms with E-state index in [9.17, 15) is 16.8 Å². The van der Waals surface area contributed by atoms with Crippen molar-refractivity contribution in [2.45, 2.75) is 16.7 Å². The van der Waals surface area contributed by atoms with Crippen LogP contribution in [-0.4, -0.2) is 16.8 Å². The lowest BCUT2D eigenvalue weighted by Crippen LogP contribution is -2.17. The Kier molecular flexibility index (Phi) is 3.74. The third-order valence-electron chi connectivity index (χ3n) is 3.66. The molecule has 0 spiro atoms. The molecule has 3 aromatic carbocycles. The molecule has 0 saturated heterocycles. The average molecular weight is 346 g/mol. The van der Waals surface area contributed by atoms with E-state index in [-0.39, 0.29) is 9.79 Å². The zero-order valence-corrected chi connectivity index (χ0v) is 13.9. The highest BCUT2D eigenvalue weighted by molar-refractivity contribution is 8.67. The van der Waals surface area contributed by atoms with Gasteiger partial charge in [-0.2, -0.15) is 0 Å². The molecule has 0 N–H and O–H groups in total. The molecular formula is C17H14O4S2. The lowest BCUT2D eigenvalue weighted by Gasteiger charge is -2.09. The smallest absolute Gasteiger partial charge is 0.207 e. The predicted molar refractivity (Wildman–Crippen MR) is 89.5 cm³/mol. The highest BCUT2D eigenvalue weighted by atomic mass is 33.2. The van der Waals surface area contributed by atoms with Crippen molar-refractivity contribution < 1.29 is 16.8 Å². The Labute approximate surface area is 134 Å². The number of fused-ring (bicyclic) bond motifs is 1. The van der Waals surface area contributed by atoms with Crippen LogP contribution in [0.15, 0.2) is 76.5 Å². The van der Waals surface area contributed by atoms with Crippen molar-refractivity contribution in [1.29, 1.82) is 0 Å². The number of rotatable bonds is 3. The molecule has 0 heterocycles. The second-order valence-corrected chi connectivity index (χ2v) is 10.5. The van der Waals surface area contributed by atoms with Crippen molar-refractivity contribution in [3.63, 3.8) is 0 Å². The molecule has 0 radical (unpaired) electrons. The molecule has 6 heteroatoms. The Balaban J connectivity index is 2.22. The van der Waals surface area contributed by atoms with Crippen LogP contribution in [0.3, 0.4) is 0 Å². The van der Waals surface area contributed by atoms with E-state index < -0.39 is 17.7 Å². The molecule has 3 rings (SSSR count). The minimum absolute atomic E-state index is 0.187. The molecule has 0 saturated carbocycles. The number of aryl methyl sites for hydroxylation is 1. The van der Waals surface area contributed by atoms with Crippen LogP contribution in [0.2, 0.25) is 0 Å². The normalized spacial score (nSPS) is 12.4. The van der Waals surface area contributed by atoms with Gasteiger partial charge in [0.1, 0.15) is 0 Å². The molecular weight excluding hydrogens is 332 g/mol. The van der Waals surface area contributed by atoms with Crippen LogP contribution in [0.25, 0.3) is 10.8 Å². The quantitative estimate of drug-likeness (QED) is 0.682. The van der Waals surface area contributed by atoms with E-state index in [1.54, 1.807) is 37.3 Å². The molecule has 0 aliphatic carbocycles. The van der Waals surface area contributed by atoms with Crippen molar-refractivity contribution in [3.05, 3.63) is 72.3 Å². The lowest BCUT2D eigenvalue weighted by molar-refractivity contribution is 0.582. The van der Waals surface area contributed by atoms with Crippen LogP contribution in [0.5, 0.6) is 0 Å². The average Bonchev–Trinajstić information content (AvgIpc) is 2.54. The van der Waals surface area contributed by atoms with Gasteiger partial charge in [-0.1, -0.05) is 48.5 Å². The zero-order chi connectivity index (χ0) is 16.7. The maximum atomic E-state index is 12.7. The Morgan fingerprint density at radius 1 is 0.652 bits per heavy atom. The second-order valence-electron chi connectivity index (χ2n) is 5.18. The molecule has 3 aromatic rings. The van der Waals surface area contributed by atoms with Gasteiger partial charge in [0.25, 0.3) is 17.7 Å². The Hall–Kier alpha value is -2.18. The third-order valence-corrected chi connectivity index (χ3v) is 8.92. The van der Waals surface area contributed by atoms with E-state index in [1.165, 1.54) is 24.3 Å². The maximum Gasteiger partial charge on any atom is 0.286 e. The highest BCUT2D eigenvalue weighted by Crippen LogP contribution is 2.28.